The van der Waals surface area contributed by atoms with E-state index in [-0.39, 0.29) is 42.4 Å². The lowest BCUT2D eigenvalue weighted by molar-refractivity contribution is -0.130. The summed E-state index contributed by atoms with van der Waals surface area (Å²) in [5, 5.41) is 20.3. The second-order valence-electron chi connectivity index (χ2n) is 10.2. The van der Waals surface area contributed by atoms with Gasteiger partial charge in [0.05, 0.1) is 48.1 Å². The van der Waals surface area contributed by atoms with Crippen LogP contribution in [-0.2, 0) is 22.6 Å². The highest BCUT2D eigenvalue weighted by molar-refractivity contribution is 7.99. The number of hydrazone groups is 1. The SMILES string of the molecule is COc1ccccc1-n1c(CNC(=O)Cc2ccccc2)nnc1SCC(=O)N1N=C(c2cccs2)C[C@H]1c1ccc(F)cc1. The van der Waals surface area contributed by atoms with Crippen LogP contribution < -0.4 is 10.1 Å². The Kier molecular flexibility index (Phi) is 9.32. The third-order valence-corrected chi connectivity index (χ3v) is 9.06. The second-order valence-corrected chi connectivity index (χ2v) is 12.1. The molecular weight excluding hydrogens is 612 g/mol. The van der Waals surface area contributed by atoms with Gasteiger partial charge >= 0.3 is 0 Å². The summed E-state index contributed by atoms with van der Waals surface area (Å²) in [4.78, 5) is 27.4. The number of hydrogen-bond donors (Lipinski definition) is 1. The largest absolute Gasteiger partial charge is 0.495 e. The van der Waals surface area contributed by atoms with E-state index in [0.29, 0.717) is 28.8 Å². The lowest BCUT2D eigenvalue weighted by Gasteiger charge is -2.22. The first kappa shape index (κ1) is 30.2. The molecule has 5 aromatic rings. The molecule has 0 unspecified atom stereocenters. The van der Waals surface area contributed by atoms with Crippen molar-refractivity contribution in [1.82, 2.24) is 25.1 Å². The standard InChI is InChI=1S/C33H29FN6O3S2/c1-43-28-11-6-5-10-26(28)39-30(20-35-31(41)18-22-8-3-2-4-9-22)36-37-33(39)45-21-32(42)40-27(23-13-15-24(34)16-14-23)19-25(38-40)29-12-7-17-44-29/h2-17,27H,18-21H2,1H3,(H,35,41)/t27-/m0/s1. The molecule has 1 N–H and O–H groups in total. The zero-order valence-electron chi connectivity index (χ0n) is 24.3. The van der Waals surface area contributed by atoms with Crippen LogP contribution in [0.15, 0.2) is 107 Å². The van der Waals surface area contributed by atoms with Gasteiger partial charge < -0.3 is 10.1 Å². The number of benzene rings is 3. The van der Waals surface area contributed by atoms with Gasteiger partial charge in [-0.05, 0) is 46.8 Å². The first-order valence-corrected chi connectivity index (χ1v) is 16.1. The normalized spacial score (nSPS) is 14.3. The van der Waals surface area contributed by atoms with Crippen LogP contribution in [0, 0.1) is 5.82 Å². The number of carbonyl (C=O) groups excluding carboxylic acids is 2. The van der Waals surface area contributed by atoms with E-state index >= 15 is 0 Å². The Balaban J connectivity index is 1.23. The second kappa shape index (κ2) is 13.9. The monoisotopic (exact) mass is 640 g/mol. The van der Waals surface area contributed by atoms with Crippen molar-refractivity contribution in [2.45, 2.75) is 30.6 Å². The molecule has 0 saturated heterocycles. The molecule has 0 spiro atoms. The van der Waals surface area contributed by atoms with Gasteiger partial charge in [-0.25, -0.2) is 9.40 Å². The van der Waals surface area contributed by atoms with E-state index in [4.69, 9.17) is 9.84 Å². The maximum absolute atomic E-state index is 13.7. The molecule has 0 radical (unpaired) electrons. The Morgan fingerprint density at radius 2 is 1.78 bits per heavy atom. The van der Waals surface area contributed by atoms with E-state index in [1.54, 1.807) is 35.1 Å². The molecule has 12 heteroatoms. The molecule has 6 rings (SSSR count). The fraction of sp³-hybridized carbons (Fsp3) is 0.182. The van der Waals surface area contributed by atoms with Crippen molar-refractivity contribution < 1.29 is 18.7 Å². The van der Waals surface area contributed by atoms with Crippen LogP contribution in [0.1, 0.15) is 34.3 Å². The van der Waals surface area contributed by atoms with Crippen LogP contribution in [0.3, 0.4) is 0 Å². The highest BCUT2D eigenvalue weighted by atomic mass is 32.2. The fourth-order valence-corrected chi connectivity index (χ4v) is 6.59. The number of ether oxygens (including phenoxy) is 1. The number of thioether (sulfide) groups is 1. The molecule has 228 valence electrons. The number of para-hydroxylation sites is 2. The van der Waals surface area contributed by atoms with Gasteiger partial charge in [-0.2, -0.15) is 5.10 Å². The van der Waals surface area contributed by atoms with Crippen molar-refractivity contribution in [2.75, 3.05) is 12.9 Å². The quantitative estimate of drug-likeness (QED) is 0.183. The maximum atomic E-state index is 13.7. The lowest BCUT2D eigenvalue weighted by Crippen LogP contribution is -2.28. The number of nitrogens with one attached hydrogen (secondary N) is 1. The van der Waals surface area contributed by atoms with Crippen molar-refractivity contribution in [1.29, 1.82) is 0 Å². The number of aromatic nitrogens is 3. The van der Waals surface area contributed by atoms with E-state index < -0.39 is 0 Å². The minimum absolute atomic E-state index is 0.0204. The number of carbonyl (C=O) groups is 2. The smallest absolute Gasteiger partial charge is 0.253 e. The minimum Gasteiger partial charge on any atom is -0.495 e. The number of hydrogen-bond acceptors (Lipinski definition) is 8. The molecule has 0 bridgehead atoms. The Labute approximate surface area is 267 Å². The number of halogens is 1. The summed E-state index contributed by atoms with van der Waals surface area (Å²) in [5.41, 5.74) is 3.19. The number of methoxy groups -OCH3 is 1. The van der Waals surface area contributed by atoms with Gasteiger partial charge in [0.2, 0.25) is 5.91 Å². The molecule has 2 amide bonds. The van der Waals surface area contributed by atoms with Gasteiger partial charge in [-0.15, -0.1) is 21.5 Å². The molecule has 3 aromatic carbocycles. The number of amides is 2. The first-order chi connectivity index (χ1) is 22.0. The van der Waals surface area contributed by atoms with Crippen molar-refractivity contribution in [2.24, 2.45) is 5.10 Å². The Morgan fingerprint density at radius 1 is 1.00 bits per heavy atom. The Bertz CT molecular complexity index is 1810. The number of nitrogens with zero attached hydrogens (tertiary/aromatic N) is 5. The maximum Gasteiger partial charge on any atom is 0.253 e. The van der Waals surface area contributed by atoms with Gasteiger partial charge in [0.15, 0.2) is 11.0 Å². The molecule has 1 aliphatic heterocycles. The van der Waals surface area contributed by atoms with Gasteiger partial charge in [0.25, 0.3) is 5.91 Å². The molecule has 1 atom stereocenters. The van der Waals surface area contributed by atoms with E-state index in [1.165, 1.54) is 28.9 Å². The summed E-state index contributed by atoms with van der Waals surface area (Å²) < 4.78 is 21.1. The van der Waals surface area contributed by atoms with Crippen LogP contribution in [0.25, 0.3) is 5.69 Å². The molecule has 0 saturated carbocycles. The molecular formula is C33H29FN6O3S2. The number of rotatable bonds is 11. The summed E-state index contributed by atoms with van der Waals surface area (Å²) in [7, 11) is 1.58. The predicted molar refractivity (Wildman–Crippen MR) is 172 cm³/mol. The highest BCUT2D eigenvalue weighted by Gasteiger charge is 2.34. The van der Waals surface area contributed by atoms with Crippen LogP contribution in [0.2, 0.25) is 0 Å². The summed E-state index contributed by atoms with van der Waals surface area (Å²) in [5.74, 6) is 0.371. The van der Waals surface area contributed by atoms with Gasteiger partial charge in [0.1, 0.15) is 11.6 Å². The topological polar surface area (TPSA) is 102 Å². The molecule has 2 aromatic heterocycles. The average molecular weight is 641 g/mol. The summed E-state index contributed by atoms with van der Waals surface area (Å²) >= 11 is 2.77. The highest BCUT2D eigenvalue weighted by Crippen LogP contribution is 2.35. The summed E-state index contributed by atoms with van der Waals surface area (Å²) in [6.45, 7) is 0.123. The predicted octanol–water partition coefficient (Wildman–Crippen LogP) is 5.81. The molecule has 0 fully saturated rings. The third-order valence-electron chi connectivity index (χ3n) is 7.23. The zero-order valence-corrected chi connectivity index (χ0v) is 25.9. The third kappa shape index (κ3) is 6.97. The fourth-order valence-electron chi connectivity index (χ4n) is 5.05. The van der Waals surface area contributed by atoms with Gasteiger partial charge in [-0.3, -0.25) is 14.2 Å². The van der Waals surface area contributed by atoms with Crippen LogP contribution in [0.5, 0.6) is 5.75 Å². The number of thiophene rings is 1. The first-order valence-electron chi connectivity index (χ1n) is 14.2. The molecule has 1 aliphatic rings. The van der Waals surface area contributed by atoms with Gasteiger partial charge in [0, 0.05) is 6.42 Å². The lowest BCUT2D eigenvalue weighted by atomic mass is 10.0. The van der Waals surface area contributed by atoms with Crippen molar-refractivity contribution in [3.05, 3.63) is 124 Å². The van der Waals surface area contributed by atoms with Gasteiger partial charge in [-0.1, -0.05) is 72.4 Å². The minimum atomic E-state index is -0.363. The summed E-state index contributed by atoms with van der Waals surface area (Å²) in [6, 6.07) is 26.6. The van der Waals surface area contributed by atoms with Crippen molar-refractivity contribution >= 4 is 40.6 Å². The summed E-state index contributed by atoms with van der Waals surface area (Å²) in [6.07, 6.45) is 0.756. The molecule has 9 nitrogen and oxygen atoms in total. The van der Waals surface area contributed by atoms with E-state index in [9.17, 15) is 14.0 Å². The van der Waals surface area contributed by atoms with Crippen molar-refractivity contribution in [3.8, 4) is 11.4 Å². The van der Waals surface area contributed by atoms with Crippen LogP contribution in [0.4, 0.5) is 4.39 Å². The van der Waals surface area contributed by atoms with Crippen molar-refractivity contribution in [3.63, 3.8) is 0 Å². The Hall–Kier alpha value is -4.81. The Morgan fingerprint density at radius 3 is 2.53 bits per heavy atom. The van der Waals surface area contributed by atoms with E-state index in [0.717, 1.165) is 21.7 Å². The van der Waals surface area contributed by atoms with E-state index in [2.05, 4.69) is 15.5 Å². The molecule has 0 aliphatic carbocycles. The zero-order chi connectivity index (χ0) is 31.2. The van der Waals surface area contributed by atoms with E-state index in [1.807, 2.05) is 72.1 Å². The molecule has 3 heterocycles. The van der Waals surface area contributed by atoms with Crippen LogP contribution in [-0.4, -0.2) is 50.2 Å². The van der Waals surface area contributed by atoms with Crippen LogP contribution >= 0.6 is 23.1 Å². The average Bonchev–Trinajstić information content (AvgIpc) is 3.84. The molecule has 45 heavy (non-hydrogen) atoms.